The van der Waals surface area contributed by atoms with Crippen LogP contribution in [0.1, 0.15) is 35.5 Å². The molecular weight excluding hydrogens is 331 g/mol. The maximum absolute atomic E-state index is 14.5. The number of aliphatic hydroxyl groups is 1. The van der Waals surface area contributed by atoms with Crippen molar-refractivity contribution >= 4 is 11.0 Å². The zero-order valence-corrected chi connectivity index (χ0v) is 14.2. The molecule has 2 aromatic heterocycles. The summed E-state index contributed by atoms with van der Waals surface area (Å²) in [7, 11) is 0. The predicted octanol–water partition coefficient (Wildman–Crippen LogP) is 4.77. The van der Waals surface area contributed by atoms with Gasteiger partial charge in [0, 0.05) is 29.0 Å². The maximum Gasteiger partial charge on any atom is 0.137 e. The Kier molecular flexibility index (Phi) is 3.27. The van der Waals surface area contributed by atoms with Crippen LogP contribution in [0.3, 0.4) is 0 Å². The van der Waals surface area contributed by atoms with E-state index in [-0.39, 0.29) is 6.04 Å². The van der Waals surface area contributed by atoms with Gasteiger partial charge in [0.25, 0.3) is 0 Å². The summed E-state index contributed by atoms with van der Waals surface area (Å²) in [6.07, 6.45) is 3.04. The molecule has 0 spiro atoms. The van der Waals surface area contributed by atoms with Crippen molar-refractivity contribution in [1.29, 1.82) is 0 Å². The third-order valence-electron chi connectivity index (χ3n) is 5.16. The van der Waals surface area contributed by atoms with E-state index in [1.165, 1.54) is 6.07 Å². The SMILES string of the molecule is Cc1cc2cc([C@@H](O)C[C@H]3c4ccccc4-c4cncn43)c(F)cc2o1. The minimum absolute atomic E-state index is 0.0696. The maximum atomic E-state index is 14.5. The molecule has 4 aromatic rings. The molecule has 3 heterocycles. The molecule has 1 aliphatic rings. The quantitative estimate of drug-likeness (QED) is 0.580. The van der Waals surface area contributed by atoms with Crippen LogP contribution >= 0.6 is 0 Å². The molecule has 5 heteroatoms. The third kappa shape index (κ3) is 2.21. The number of fused-ring (bicyclic) bond motifs is 4. The number of benzene rings is 2. The molecule has 0 radical (unpaired) electrons. The van der Waals surface area contributed by atoms with E-state index in [0.29, 0.717) is 17.6 Å². The number of nitrogens with zero attached hydrogens (tertiary/aromatic N) is 2. The lowest BCUT2D eigenvalue weighted by molar-refractivity contribution is 0.149. The number of furan rings is 1. The van der Waals surface area contributed by atoms with E-state index in [4.69, 9.17) is 4.42 Å². The van der Waals surface area contributed by atoms with Crippen molar-refractivity contribution in [3.8, 4) is 11.3 Å². The Morgan fingerprint density at radius 1 is 1.27 bits per heavy atom. The van der Waals surface area contributed by atoms with Gasteiger partial charge in [-0.15, -0.1) is 0 Å². The average Bonchev–Trinajstić information content (AvgIpc) is 3.29. The largest absolute Gasteiger partial charge is 0.461 e. The van der Waals surface area contributed by atoms with Gasteiger partial charge < -0.3 is 14.1 Å². The second-order valence-corrected chi connectivity index (χ2v) is 6.81. The van der Waals surface area contributed by atoms with Gasteiger partial charge in [-0.05, 0) is 24.6 Å². The molecule has 2 atom stereocenters. The van der Waals surface area contributed by atoms with E-state index in [0.717, 1.165) is 28.0 Å². The summed E-state index contributed by atoms with van der Waals surface area (Å²) in [6, 6.07) is 12.9. The topological polar surface area (TPSA) is 51.2 Å². The van der Waals surface area contributed by atoms with Crippen molar-refractivity contribution < 1.29 is 13.9 Å². The van der Waals surface area contributed by atoms with Crippen LogP contribution in [-0.2, 0) is 0 Å². The molecule has 26 heavy (non-hydrogen) atoms. The lowest BCUT2D eigenvalue weighted by atomic mass is 9.95. The van der Waals surface area contributed by atoms with Crippen LogP contribution in [0.4, 0.5) is 4.39 Å². The summed E-state index contributed by atoms with van der Waals surface area (Å²) in [5.74, 6) is 0.273. The Labute approximate surface area is 149 Å². The molecule has 0 aliphatic carbocycles. The first-order valence-corrected chi connectivity index (χ1v) is 8.60. The number of halogens is 1. The minimum Gasteiger partial charge on any atom is -0.461 e. The third-order valence-corrected chi connectivity index (χ3v) is 5.16. The molecule has 0 saturated carbocycles. The number of aryl methyl sites for hydroxylation is 1. The van der Waals surface area contributed by atoms with Gasteiger partial charge in [-0.1, -0.05) is 24.3 Å². The minimum atomic E-state index is -0.930. The molecule has 5 rings (SSSR count). The van der Waals surface area contributed by atoms with Gasteiger partial charge in [-0.25, -0.2) is 9.37 Å². The number of aliphatic hydroxyl groups excluding tert-OH is 1. The molecule has 130 valence electrons. The molecule has 0 fully saturated rings. The molecule has 0 amide bonds. The van der Waals surface area contributed by atoms with Crippen molar-refractivity contribution in [2.75, 3.05) is 0 Å². The van der Waals surface area contributed by atoms with E-state index < -0.39 is 11.9 Å². The van der Waals surface area contributed by atoms with Crippen molar-refractivity contribution in [3.63, 3.8) is 0 Å². The Balaban J connectivity index is 1.53. The van der Waals surface area contributed by atoms with Crippen LogP contribution in [-0.4, -0.2) is 14.7 Å². The van der Waals surface area contributed by atoms with E-state index in [1.54, 1.807) is 12.4 Å². The Hall–Kier alpha value is -2.92. The Bertz CT molecular complexity index is 1130. The van der Waals surface area contributed by atoms with E-state index in [2.05, 4.69) is 17.1 Å². The fraction of sp³-hybridized carbons (Fsp3) is 0.190. The summed E-state index contributed by atoms with van der Waals surface area (Å²) in [5, 5.41) is 11.6. The predicted molar refractivity (Wildman–Crippen MR) is 96.3 cm³/mol. The number of hydrogen-bond acceptors (Lipinski definition) is 3. The second-order valence-electron chi connectivity index (χ2n) is 6.81. The first kappa shape index (κ1) is 15.3. The van der Waals surface area contributed by atoms with Gasteiger partial charge in [-0.2, -0.15) is 0 Å². The van der Waals surface area contributed by atoms with Crippen LogP contribution < -0.4 is 0 Å². The molecule has 0 unspecified atom stereocenters. The van der Waals surface area contributed by atoms with Crippen molar-refractivity contribution in [3.05, 3.63) is 77.7 Å². The number of aromatic nitrogens is 2. The van der Waals surface area contributed by atoms with Crippen LogP contribution in [0, 0.1) is 12.7 Å². The van der Waals surface area contributed by atoms with Gasteiger partial charge >= 0.3 is 0 Å². The molecule has 1 aliphatic heterocycles. The van der Waals surface area contributed by atoms with Crippen LogP contribution in [0.2, 0.25) is 0 Å². The smallest absolute Gasteiger partial charge is 0.137 e. The highest BCUT2D eigenvalue weighted by Crippen LogP contribution is 2.43. The summed E-state index contributed by atoms with van der Waals surface area (Å²) < 4.78 is 22.1. The summed E-state index contributed by atoms with van der Waals surface area (Å²) >= 11 is 0. The highest BCUT2D eigenvalue weighted by Gasteiger charge is 2.30. The van der Waals surface area contributed by atoms with Crippen molar-refractivity contribution in [2.45, 2.75) is 25.5 Å². The lowest BCUT2D eigenvalue weighted by Crippen LogP contribution is -2.11. The highest BCUT2D eigenvalue weighted by atomic mass is 19.1. The van der Waals surface area contributed by atoms with E-state index >= 15 is 0 Å². The monoisotopic (exact) mass is 348 g/mol. The van der Waals surface area contributed by atoms with Crippen LogP contribution in [0.25, 0.3) is 22.2 Å². The first-order chi connectivity index (χ1) is 12.6. The van der Waals surface area contributed by atoms with Gasteiger partial charge in [-0.3, -0.25) is 0 Å². The van der Waals surface area contributed by atoms with Gasteiger partial charge in [0.1, 0.15) is 17.2 Å². The Morgan fingerprint density at radius 3 is 3.00 bits per heavy atom. The van der Waals surface area contributed by atoms with Crippen LogP contribution in [0.15, 0.2) is 59.4 Å². The summed E-state index contributed by atoms with van der Waals surface area (Å²) in [4.78, 5) is 4.23. The molecule has 0 saturated heterocycles. The molecular formula is C21H17FN2O2. The standard InChI is InChI=1S/C21H17FN2O2/c1-12-6-13-7-16(17(22)8-21(13)26-12)20(25)9-18-14-4-2-3-5-15(14)19-10-23-11-24(18)19/h2-8,10-11,18,20,25H,9H2,1H3/t18-,20-/m0/s1. The fourth-order valence-corrected chi connectivity index (χ4v) is 3.98. The zero-order chi connectivity index (χ0) is 17.8. The van der Waals surface area contributed by atoms with Crippen molar-refractivity contribution in [2.24, 2.45) is 0 Å². The Morgan fingerprint density at radius 2 is 2.12 bits per heavy atom. The van der Waals surface area contributed by atoms with E-state index in [1.807, 2.05) is 35.9 Å². The summed E-state index contributed by atoms with van der Waals surface area (Å²) in [5.41, 5.74) is 4.07. The number of hydrogen-bond donors (Lipinski definition) is 1. The second kappa shape index (κ2) is 5.54. The molecule has 2 aromatic carbocycles. The zero-order valence-electron chi connectivity index (χ0n) is 14.2. The first-order valence-electron chi connectivity index (χ1n) is 8.60. The average molecular weight is 348 g/mol. The number of imidazole rings is 1. The summed E-state index contributed by atoms with van der Waals surface area (Å²) in [6.45, 7) is 1.82. The number of rotatable bonds is 3. The fourth-order valence-electron chi connectivity index (χ4n) is 3.98. The van der Waals surface area contributed by atoms with Crippen molar-refractivity contribution in [1.82, 2.24) is 9.55 Å². The van der Waals surface area contributed by atoms with E-state index in [9.17, 15) is 9.50 Å². The molecule has 1 N–H and O–H groups in total. The molecule has 4 nitrogen and oxygen atoms in total. The van der Waals surface area contributed by atoms with Crippen LogP contribution in [0.5, 0.6) is 0 Å². The molecule has 0 bridgehead atoms. The van der Waals surface area contributed by atoms with Gasteiger partial charge in [0.15, 0.2) is 0 Å². The van der Waals surface area contributed by atoms with Gasteiger partial charge in [0.05, 0.1) is 30.4 Å². The lowest BCUT2D eigenvalue weighted by Gasteiger charge is -2.19. The highest BCUT2D eigenvalue weighted by molar-refractivity contribution is 5.79. The van der Waals surface area contributed by atoms with Gasteiger partial charge in [0.2, 0.25) is 0 Å². The normalized spacial score (nSPS) is 16.7.